The molecule has 0 unspecified atom stereocenters. The predicted octanol–water partition coefficient (Wildman–Crippen LogP) is 6.27. The average Bonchev–Trinajstić information content (AvgIpc) is 2.69. The highest BCUT2D eigenvalue weighted by Crippen LogP contribution is 2.53. The molecule has 0 aromatic heterocycles. The fourth-order valence-corrected chi connectivity index (χ4v) is 5.31. The van der Waals surface area contributed by atoms with Crippen LogP contribution in [0.15, 0.2) is 40.9 Å². The van der Waals surface area contributed by atoms with Gasteiger partial charge in [0.25, 0.3) is 0 Å². The number of Topliss-reactive ketones (excluding diaryl/α,β-unsaturated/α-hetero) is 2. The van der Waals surface area contributed by atoms with E-state index in [2.05, 4.69) is 34.6 Å². The van der Waals surface area contributed by atoms with Crippen molar-refractivity contribution in [1.82, 2.24) is 0 Å². The second kappa shape index (κ2) is 8.66. The van der Waals surface area contributed by atoms with Crippen LogP contribution in [-0.4, -0.2) is 24.8 Å². The molecule has 0 radical (unpaired) electrons. The Labute approximate surface area is 197 Å². The lowest BCUT2D eigenvalue weighted by Crippen LogP contribution is -2.37. The van der Waals surface area contributed by atoms with Gasteiger partial charge in [-0.05, 0) is 41.9 Å². The number of ether oxygens (including phenoxy) is 3. The number of benzene rings is 1. The molecule has 4 rings (SSSR count). The number of hydrogen-bond donors (Lipinski definition) is 0. The molecule has 0 atom stereocenters. The molecule has 0 amide bonds. The third-order valence-corrected chi connectivity index (χ3v) is 6.64. The van der Waals surface area contributed by atoms with E-state index in [1.165, 1.54) is 0 Å². The summed E-state index contributed by atoms with van der Waals surface area (Å²) in [4.78, 5) is 26.9. The van der Waals surface area contributed by atoms with Crippen molar-refractivity contribution in [2.24, 2.45) is 10.8 Å². The van der Waals surface area contributed by atoms with Crippen LogP contribution in [0.25, 0.3) is 0 Å². The number of ketones is 2. The Bertz CT molecular complexity index is 988. The highest BCUT2D eigenvalue weighted by atomic mass is 16.5. The summed E-state index contributed by atoms with van der Waals surface area (Å²) in [6.07, 6.45) is 3.17. The van der Waals surface area contributed by atoms with E-state index >= 15 is 0 Å². The third kappa shape index (κ3) is 4.60. The average molecular weight is 453 g/mol. The van der Waals surface area contributed by atoms with Gasteiger partial charge >= 0.3 is 0 Å². The molecule has 5 nitrogen and oxygen atoms in total. The van der Waals surface area contributed by atoms with Gasteiger partial charge in [0.2, 0.25) is 0 Å². The Morgan fingerprint density at radius 2 is 1.42 bits per heavy atom. The molecule has 2 aliphatic carbocycles. The van der Waals surface area contributed by atoms with Gasteiger partial charge in [0.1, 0.15) is 11.5 Å². The Hall–Kier alpha value is -2.56. The maximum atomic E-state index is 13.4. The minimum absolute atomic E-state index is 0.0692. The molecule has 33 heavy (non-hydrogen) atoms. The molecule has 0 saturated carbocycles. The van der Waals surface area contributed by atoms with E-state index in [0.717, 1.165) is 23.5 Å². The van der Waals surface area contributed by atoms with Crippen molar-refractivity contribution in [1.29, 1.82) is 0 Å². The molecule has 178 valence electrons. The standard InChI is InChI=1S/C28H36O5/c1-7-11-32-20-10-9-17(12-21(20)31-8-2)24-25-18(29)13-27(3,4)15-22(25)33-23-16-28(5,6)14-19(30)26(23)24/h9-10,12,24H,7-8,11,13-16H2,1-6H3. The number of allylic oxidation sites excluding steroid dienone is 4. The van der Waals surface area contributed by atoms with Gasteiger partial charge in [-0.3, -0.25) is 9.59 Å². The summed E-state index contributed by atoms with van der Waals surface area (Å²) in [6, 6.07) is 5.82. The predicted molar refractivity (Wildman–Crippen MR) is 127 cm³/mol. The van der Waals surface area contributed by atoms with Gasteiger partial charge < -0.3 is 14.2 Å². The summed E-state index contributed by atoms with van der Waals surface area (Å²) in [6.45, 7) is 13.5. The maximum Gasteiger partial charge on any atom is 0.163 e. The normalized spacial score (nSPS) is 22.0. The van der Waals surface area contributed by atoms with Crippen LogP contribution in [0.5, 0.6) is 11.5 Å². The first-order chi connectivity index (χ1) is 15.5. The quantitative estimate of drug-likeness (QED) is 0.509. The van der Waals surface area contributed by atoms with Crippen molar-refractivity contribution >= 4 is 11.6 Å². The Morgan fingerprint density at radius 3 is 1.94 bits per heavy atom. The largest absolute Gasteiger partial charge is 0.490 e. The Kier molecular flexibility index (Phi) is 6.19. The molecule has 0 spiro atoms. The second-order valence-corrected chi connectivity index (χ2v) is 11.1. The molecule has 0 N–H and O–H groups in total. The van der Waals surface area contributed by atoms with Crippen LogP contribution in [0, 0.1) is 10.8 Å². The van der Waals surface area contributed by atoms with Gasteiger partial charge in [0.15, 0.2) is 23.1 Å². The van der Waals surface area contributed by atoms with Crippen molar-refractivity contribution < 1.29 is 23.8 Å². The van der Waals surface area contributed by atoms with Gasteiger partial charge in [0, 0.05) is 42.7 Å². The molecule has 1 aromatic carbocycles. The SMILES string of the molecule is CCCOc1ccc(C2C3=C(CC(C)(C)CC3=O)OC3=C2C(=O)CC(C)(C)C3)cc1OCC. The first-order valence-electron chi connectivity index (χ1n) is 12.1. The van der Waals surface area contributed by atoms with Gasteiger partial charge in [-0.25, -0.2) is 0 Å². The fraction of sp³-hybridized carbons (Fsp3) is 0.571. The molecule has 0 bridgehead atoms. The summed E-state index contributed by atoms with van der Waals surface area (Å²) < 4.78 is 18.2. The van der Waals surface area contributed by atoms with Gasteiger partial charge in [-0.15, -0.1) is 0 Å². The lowest BCUT2D eigenvalue weighted by Gasteiger charge is -2.42. The molecule has 0 saturated heterocycles. The lowest BCUT2D eigenvalue weighted by atomic mass is 9.65. The Morgan fingerprint density at radius 1 is 0.848 bits per heavy atom. The fourth-order valence-electron chi connectivity index (χ4n) is 5.31. The van der Waals surface area contributed by atoms with E-state index in [1.807, 2.05) is 25.1 Å². The van der Waals surface area contributed by atoms with E-state index in [4.69, 9.17) is 14.2 Å². The molecule has 5 heteroatoms. The lowest BCUT2D eigenvalue weighted by molar-refractivity contribution is -0.120. The van der Waals surface area contributed by atoms with Crippen LogP contribution in [0.1, 0.15) is 85.1 Å². The van der Waals surface area contributed by atoms with Crippen molar-refractivity contribution in [2.75, 3.05) is 13.2 Å². The van der Waals surface area contributed by atoms with Crippen molar-refractivity contribution in [3.05, 3.63) is 46.4 Å². The maximum absolute atomic E-state index is 13.4. The van der Waals surface area contributed by atoms with Crippen LogP contribution in [0.2, 0.25) is 0 Å². The molecular weight excluding hydrogens is 416 g/mol. The minimum atomic E-state index is -0.421. The highest BCUT2D eigenvalue weighted by Gasteiger charge is 2.47. The zero-order valence-corrected chi connectivity index (χ0v) is 20.8. The summed E-state index contributed by atoms with van der Waals surface area (Å²) in [5, 5.41) is 0. The number of rotatable bonds is 6. The van der Waals surface area contributed by atoms with E-state index in [-0.39, 0.29) is 22.4 Å². The molecule has 0 fully saturated rings. The van der Waals surface area contributed by atoms with Crippen LogP contribution in [0.3, 0.4) is 0 Å². The van der Waals surface area contributed by atoms with Gasteiger partial charge in [-0.2, -0.15) is 0 Å². The first kappa shape index (κ1) is 23.6. The van der Waals surface area contributed by atoms with Gasteiger partial charge in [0.05, 0.1) is 13.2 Å². The molecular formula is C28H36O5. The number of carbonyl (C=O) groups is 2. The number of carbonyl (C=O) groups excluding carboxylic acids is 2. The summed E-state index contributed by atoms with van der Waals surface area (Å²) in [5.41, 5.74) is 1.84. The Balaban J connectivity index is 1.87. The number of hydrogen-bond acceptors (Lipinski definition) is 5. The van der Waals surface area contributed by atoms with E-state index in [9.17, 15) is 9.59 Å². The minimum Gasteiger partial charge on any atom is -0.490 e. The third-order valence-electron chi connectivity index (χ3n) is 6.64. The monoisotopic (exact) mass is 452 g/mol. The topological polar surface area (TPSA) is 61.8 Å². The zero-order chi connectivity index (χ0) is 24.0. The highest BCUT2D eigenvalue weighted by molar-refractivity contribution is 6.06. The van der Waals surface area contributed by atoms with E-state index < -0.39 is 5.92 Å². The van der Waals surface area contributed by atoms with Crippen molar-refractivity contribution in [2.45, 2.75) is 79.6 Å². The van der Waals surface area contributed by atoms with Crippen LogP contribution >= 0.6 is 0 Å². The summed E-state index contributed by atoms with van der Waals surface area (Å²) in [5.74, 6) is 2.51. The van der Waals surface area contributed by atoms with E-state index in [1.54, 1.807) is 0 Å². The van der Waals surface area contributed by atoms with Gasteiger partial charge in [-0.1, -0.05) is 40.7 Å². The summed E-state index contributed by atoms with van der Waals surface area (Å²) >= 11 is 0. The van der Waals surface area contributed by atoms with Crippen molar-refractivity contribution in [3.63, 3.8) is 0 Å². The molecule has 3 aliphatic rings. The van der Waals surface area contributed by atoms with Crippen LogP contribution in [0.4, 0.5) is 0 Å². The van der Waals surface area contributed by atoms with Crippen LogP contribution in [-0.2, 0) is 14.3 Å². The smallest absolute Gasteiger partial charge is 0.163 e. The zero-order valence-electron chi connectivity index (χ0n) is 20.8. The molecule has 1 heterocycles. The first-order valence-corrected chi connectivity index (χ1v) is 12.1. The molecule has 1 aromatic rings. The van der Waals surface area contributed by atoms with Crippen molar-refractivity contribution in [3.8, 4) is 11.5 Å². The molecule has 1 aliphatic heterocycles. The van der Waals surface area contributed by atoms with Crippen LogP contribution < -0.4 is 9.47 Å². The van der Waals surface area contributed by atoms with E-state index in [0.29, 0.717) is 61.5 Å². The summed E-state index contributed by atoms with van der Waals surface area (Å²) in [7, 11) is 0. The second-order valence-electron chi connectivity index (χ2n) is 11.1.